The van der Waals surface area contributed by atoms with E-state index in [-0.39, 0.29) is 12.8 Å². The van der Waals surface area contributed by atoms with Gasteiger partial charge in [0, 0.05) is 0 Å². The van der Waals surface area contributed by atoms with E-state index in [2.05, 4.69) is 0 Å². The van der Waals surface area contributed by atoms with Crippen LogP contribution in [0.25, 0.3) is 0 Å². The predicted octanol–water partition coefficient (Wildman–Crippen LogP) is -0.249. The highest BCUT2D eigenvalue weighted by Gasteiger charge is 2.00. The van der Waals surface area contributed by atoms with E-state index in [1.165, 1.54) is 0 Å². The van der Waals surface area contributed by atoms with Gasteiger partial charge in [-0.3, -0.25) is 9.59 Å². The molecule has 0 bridgehead atoms. The fraction of sp³-hybridized carbons (Fsp3) is 0.400. The molecule has 5 nitrogen and oxygen atoms in total. The van der Waals surface area contributed by atoms with Crippen LogP contribution >= 0.6 is 0 Å². The van der Waals surface area contributed by atoms with Gasteiger partial charge < -0.3 is 15.0 Å². The van der Waals surface area contributed by atoms with Crippen LogP contribution in [0.4, 0.5) is 0 Å². The van der Waals surface area contributed by atoms with E-state index in [9.17, 15) is 9.59 Å². The molecule has 2 N–H and O–H groups in total. The number of aliphatic carboxylic acids is 2. The maximum absolute atomic E-state index is 9.64. The largest absolute Gasteiger partial charge is 0.481 e. The Morgan fingerprint density at radius 3 is 1.30 bits per heavy atom. The zero-order valence-corrected chi connectivity index (χ0v) is 5.24. The molecule has 0 aliphatic heterocycles. The highest BCUT2D eigenvalue weighted by Crippen LogP contribution is 1.85. The standard InChI is InChI=1S/C4H6O4.CH2O/c5-3(6)1-2-4(7)8;1-2/h1-2H2,(H,5,6)(H,7,8);1H2. The summed E-state index contributed by atoms with van der Waals surface area (Å²) in [5, 5.41) is 15.8. The fourth-order valence-electron chi connectivity index (χ4n) is 0.214. The van der Waals surface area contributed by atoms with Gasteiger partial charge in [-0.25, -0.2) is 0 Å². The molecule has 0 saturated carbocycles. The lowest BCUT2D eigenvalue weighted by molar-refractivity contribution is -0.143. The van der Waals surface area contributed by atoms with Crippen LogP contribution in [0.1, 0.15) is 12.8 Å². The van der Waals surface area contributed by atoms with E-state index in [4.69, 9.17) is 15.0 Å². The third-order valence-electron chi connectivity index (χ3n) is 0.553. The van der Waals surface area contributed by atoms with E-state index in [0.717, 1.165) is 0 Å². The molecule has 0 heterocycles. The van der Waals surface area contributed by atoms with Gasteiger partial charge in [0.05, 0.1) is 12.8 Å². The SMILES string of the molecule is C=O.O=C(O)CCC(=O)O. The van der Waals surface area contributed by atoms with Gasteiger partial charge in [-0.1, -0.05) is 0 Å². The van der Waals surface area contributed by atoms with Gasteiger partial charge in [0.2, 0.25) is 0 Å². The molecule has 0 rings (SSSR count). The minimum atomic E-state index is -1.08. The molecular formula is C5H8O5. The first-order chi connectivity index (χ1) is 4.63. The summed E-state index contributed by atoms with van der Waals surface area (Å²) in [6.45, 7) is 2.00. The lowest BCUT2D eigenvalue weighted by Gasteiger charge is -1.85. The molecule has 0 aliphatic rings. The normalized spacial score (nSPS) is 7.20. The van der Waals surface area contributed by atoms with E-state index in [1.54, 1.807) is 0 Å². The second-order valence-electron chi connectivity index (χ2n) is 1.29. The van der Waals surface area contributed by atoms with Crippen LogP contribution in [0, 0.1) is 0 Å². The van der Waals surface area contributed by atoms with Crippen LogP contribution in [0.15, 0.2) is 0 Å². The van der Waals surface area contributed by atoms with Crippen LogP contribution in [-0.4, -0.2) is 28.9 Å². The van der Waals surface area contributed by atoms with Crippen LogP contribution in [0.2, 0.25) is 0 Å². The Bertz CT molecular complexity index is 105. The topological polar surface area (TPSA) is 91.7 Å². The molecule has 0 radical (unpaired) electrons. The van der Waals surface area contributed by atoms with E-state index in [0.29, 0.717) is 0 Å². The van der Waals surface area contributed by atoms with E-state index >= 15 is 0 Å². The molecular weight excluding hydrogens is 140 g/mol. The summed E-state index contributed by atoms with van der Waals surface area (Å²) in [5.74, 6) is -2.15. The van der Waals surface area contributed by atoms with Crippen molar-refractivity contribution in [2.75, 3.05) is 0 Å². The smallest absolute Gasteiger partial charge is 0.303 e. The fourth-order valence-corrected chi connectivity index (χ4v) is 0.214. The highest BCUT2D eigenvalue weighted by molar-refractivity contribution is 5.75. The second-order valence-corrected chi connectivity index (χ2v) is 1.29. The highest BCUT2D eigenvalue weighted by atomic mass is 16.4. The van der Waals surface area contributed by atoms with Crippen molar-refractivity contribution in [1.82, 2.24) is 0 Å². The number of hydrogen-bond acceptors (Lipinski definition) is 3. The van der Waals surface area contributed by atoms with Gasteiger partial charge in [-0.05, 0) is 0 Å². The van der Waals surface area contributed by atoms with Crippen molar-refractivity contribution in [3.63, 3.8) is 0 Å². The number of carboxylic acids is 2. The van der Waals surface area contributed by atoms with Crippen molar-refractivity contribution >= 4 is 18.7 Å². The third kappa shape index (κ3) is 16.0. The first-order valence-electron chi connectivity index (χ1n) is 2.35. The zero-order chi connectivity index (χ0) is 8.57. The van der Waals surface area contributed by atoms with E-state index < -0.39 is 11.9 Å². The zero-order valence-electron chi connectivity index (χ0n) is 5.24. The van der Waals surface area contributed by atoms with Crippen molar-refractivity contribution in [3.8, 4) is 0 Å². The molecule has 58 valence electrons. The molecule has 0 aromatic heterocycles. The van der Waals surface area contributed by atoms with Crippen molar-refractivity contribution in [3.05, 3.63) is 0 Å². The molecule has 0 unspecified atom stereocenters. The molecule has 5 heteroatoms. The Balaban J connectivity index is 0. The number of hydrogen-bond donors (Lipinski definition) is 2. The number of carbonyl (C=O) groups is 3. The van der Waals surface area contributed by atoms with Crippen molar-refractivity contribution < 1.29 is 24.6 Å². The Morgan fingerprint density at radius 1 is 1.00 bits per heavy atom. The van der Waals surface area contributed by atoms with Gasteiger partial charge in [0.15, 0.2) is 0 Å². The van der Waals surface area contributed by atoms with Crippen molar-refractivity contribution in [1.29, 1.82) is 0 Å². The molecule has 0 aliphatic carbocycles. The summed E-state index contributed by atoms with van der Waals surface area (Å²) in [6, 6.07) is 0. The van der Waals surface area contributed by atoms with Crippen LogP contribution in [-0.2, 0) is 14.4 Å². The molecule has 0 spiro atoms. The van der Waals surface area contributed by atoms with Gasteiger partial charge >= 0.3 is 11.9 Å². The minimum Gasteiger partial charge on any atom is -0.481 e. The van der Waals surface area contributed by atoms with Crippen LogP contribution in [0.3, 0.4) is 0 Å². The quantitative estimate of drug-likeness (QED) is 0.575. The lowest BCUT2D eigenvalue weighted by atomic mass is 10.3. The molecule has 0 fully saturated rings. The summed E-state index contributed by atoms with van der Waals surface area (Å²) in [5.41, 5.74) is 0. The lowest BCUT2D eigenvalue weighted by Crippen LogP contribution is -2.00. The molecule has 10 heavy (non-hydrogen) atoms. The average Bonchev–Trinajstić information content (AvgIpc) is 1.89. The maximum atomic E-state index is 9.64. The molecule has 0 atom stereocenters. The van der Waals surface area contributed by atoms with Crippen LogP contribution in [0.5, 0.6) is 0 Å². The van der Waals surface area contributed by atoms with Crippen molar-refractivity contribution in [2.24, 2.45) is 0 Å². The third-order valence-corrected chi connectivity index (χ3v) is 0.553. The van der Waals surface area contributed by atoms with Gasteiger partial charge in [0.25, 0.3) is 0 Å². The van der Waals surface area contributed by atoms with Crippen LogP contribution < -0.4 is 0 Å². The summed E-state index contributed by atoms with van der Waals surface area (Å²) < 4.78 is 0. The number of carboxylic acid groups (broad SMARTS) is 2. The number of carbonyl (C=O) groups excluding carboxylic acids is 1. The molecule has 0 amide bonds. The second kappa shape index (κ2) is 7.61. The Morgan fingerprint density at radius 2 is 1.20 bits per heavy atom. The molecule has 0 aromatic rings. The number of rotatable bonds is 3. The summed E-state index contributed by atoms with van der Waals surface area (Å²) in [6.07, 6.45) is -0.593. The molecule has 0 aromatic carbocycles. The Kier molecular flexibility index (Phi) is 8.68. The summed E-state index contributed by atoms with van der Waals surface area (Å²) >= 11 is 0. The summed E-state index contributed by atoms with van der Waals surface area (Å²) in [4.78, 5) is 27.3. The minimum absolute atomic E-state index is 0.296. The van der Waals surface area contributed by atoms with Gasteiger partial charge in [-0.2, -0.15) is 0 Å². The maximum Gasteiger partial charge on any atom is 0.303 e. The van der Waals surface area contributed by atoms with E-state index in [1.807, 2.05) is 6.79 Å². The van der Waals surface area contributed by atoms with Gasteiger partial charge in [0.1, 0.15) is 6.79 Å². The van der Waals surface area contributed by atoms with Crippen molar-refractivity contribution in [2.45, 2.75) is 12.8 Å². The monoisotopic (exact) mass is 148 g/mol. The Labute approximate surface area is 57.3 Å². The Hall–Kier alpha value is -1.39. The van der Waals surface area contributed by atoms with Gasteiger partial charge in [-0.15, -0.1) is 0 Å². The first kappa shape index (κ1) is 11.4. The molecule has 0 saturated heterocycles. The predicted molar refractivity (Wildman–Crippen MR) is 31.6 cm³/mol. The average molecular weight is 148 g/mol. The summed E-state index contributed by atoms with van der Waals surface area (Å²) in [7, 11) is 0. The first-order valence-corrected chi connectivity index (χ1v) is 2.35.